The molecule has 0 radical (unpaired) electrons. The Morgan fingerprint density at radius 2 is 1.88 bits per heavy atom. The van der Waals surface area contributed by atoms with Gasteiger partial charge in [0.15, 0.2) is 5.96 Å². The number of guanidine groups is 1. The Morgan fingerprint density at radius 1 is 1.23 bits per heavy atom. The third-order valence-corrected chi connectivity index (χ3v) is 8.12. The molecular weight excluding hydrogens is 483 g/mol. The Kier molecular flexibility index (Phi) is 8.17. The molecule has 1 aliphatic heterocycles. The molecule has 1 aromatic heterocycles. The van der Waals surface area contributed by atoms with E-state index in [9.17, 15) is 8.42 Å². The molecule has 2 atom stereocenters. The van der Waals surface area contributed by atoms with Crippen LogP contribution in [0.3, 0.4) is 0 Å². The minimum Gasteiger partial charge on any atom is -0.355 e. The average Bonchev–Trinajstić information content (AvgIpc) is 3.21. The molecular formula is C17H29IN4O2S2. The van der Waals surface area contributed by atoms with Crippen LogP contribution < -0.4 is 10.0 Å². The van der Waals surface area contributed by atoms with Gasteiger partial charge in [-0.15, -0.1) is 35.3 Å². The Labute approximate surface area is 177 Å². The average molecular weight is 512 g/mol. The van der Waals surface area contributed by atoms with Gasteiger partial charge in [0.2, 0.25) is 10.0 Å². The maximum absolute atomic E-state index is 12.2. The zero-order chi connectivity index (χ0) is 17.9. The van der Waals surface area contributed by atoms with Crippen LogP contribution in [0.4, 0.5) is 0 Å². The van der Waals surface area contributed by atoms with Gasteiger partial charge in [-0.25, -0.2) is 13.1 Å². The number of nitrogens with one attached hydrogen (secondary N) is 2. The van der Waals surface area contributed by atoms with Gasteiger partial charge in [0.05, 0.1) is 0 Å². The third kappa shape index (κ3) is 5.32. The molecule has 1 saturated heterocycles. The van der Waals surface area contributed by atoms with Gasteiger partial charge in [0.1, 0.15) is 4.21 Å². The van der Waals surface area contributed by atoms with E-state index in [-0.39, 0.29) is 24.0 Å². The van der Waals surface area contributed by atoms with Gasteiger partial charge in [-0.05, 0) is 43.7 Å². The van der Waals surface area contributed by atoms with E-state index >= 15 is 0 Å². The fourth-order valence-corrected chi connectivity index (χ4v) is 6.26. The fraction of sp³-hybridized carbons (Fsp3) is 0.706. The quantitative estimate of drug-likeness (QED) is 0.276. The molecule has 2 aliphatic rings. The van der Waals surface area contributed by atoms with Crippen molar-refractivity contribution in [3.05, 3.63) is 17.0 Å². The largest absolute Gasteiger partial charge is 0.355 e. The second kappa shape index (κ2) is 9.70. The first-order valence-electron chi connectivity index (χ1n) is 9.01. The summed E-state index contributed by atoms with van der Waals surface area (Å²) >= 11 is 1.29. The van der Waals surface area contributed by atoms with Crippen molar-refractivity contribution in [3.8, 4) is 0 Å². The van der Waals surface area contributed by atoms with Crippen LogP contribution in [0.1, 0.15) is 30.6 Å². The van der Waals surface area contributed by atoms with E-state index in [0.717, 1.165) is 35.8 Å². The first-order chi connectivity index (χ1) is 12.0. The Hall–Kier alpha value is -0.390. The summed E-state index contributed by atoms with van der Waals surface area (Å²) in [6, 6.07) is 3.48. The summed E-state index contributed by atoms with van der Waals surface area (Å²) in [5.41, 5.74) is 0. The molecule has 2 heterocycles. The lowest BCUT2D eigenvalue weighted by Crippen LogP contribution is -2.43. The fourth-order valence-electron chi connectivity index (χ4n) is 3.90. The van der Waals surface area contributed by atoms with E-state index in [1.165, 1.54) is 37.0 Å². The molecule has 1 aromatic rings. The van der Waals surface area contributed by atoms with Gasteiger partial charge in [-0.1, -0.05) is 12.8 Å². The number of sulfonamides is 1. The predicted molar refractivity (Wildman–Crippen MR) is 118 cm³/mol. The van der Waals surface area contributed by atoms with Crippen molar-refractivity contribution in [2.75, 3.05) is 33.2 Å². The van der Waals surface area contributed by atoms with Crippen molar-refractivity contribution < 1.29 is 8.42 Å². The topological polar surface area (TPSA) is 73.8 Å². The number of hydrogen-bond donors (Lipinski definition) is 2. The highest BCUT2D eigenvalue weighted by Crippen LogP contribution is 2.35. The summed E-state index contributed by atoms with van der Waals surface area (Å²) in [6.45, 7) is 4.93. The second-order valence-corrected chi connectivity index (χ2v) is 10.2. The maximum atomic E-state index is 12.2. The molecule has 1 aliphatic carbocycles. The number of hydrogen-bond acceptors (Lipinski definition) is 4. The smallest absolute Gasteiger partial charge is 0.250 e. The van der Waals surface area contributed by atoms with Crippen LogP contribution in [-0.4, -0.2) is 52.5 Å². The minimum absolute atomic E-state index is 0. The lowest BCUT2D eigenvalue weighted by molar-refractivity contribution is 0.299. The minimum atomic E-state index is -3.41. The lowest BCUT2D eigenvalue weighted by atomic mass is 9.82. The van der Waals surface area contributed by atoms with Crippen LogP contribution in [0.2, 0.25) is 0 Å². The van der Waals surface area contributed by atoms with E-state index < -0.39 is 10.0 Å². The van der Waals surface area contributed by atoms with E-state index in [2.05, 4.69) is 19.9 Å². The Balaban J connectivity index is 0.00000243. The molecule has 1 saturated carbocycles. The lowest BCUT2D eigenvalue weighted by Gasteiger charge is -2.22. The first-order valence-corrected chi connectivity index (χ1v) is 11.3. The number of nitrogens with zero attached hydrogens (tertiary/aromatic N) is 2. The van der Waals surface area contributed by atoms with Crippen LogP contribution in [0.25, 0.3) is 0 Å². The van der Waals surface area contributed by atoms with Gasteiger partial charge in [-0.3, -0.25) is 4.99 Å². The summed E-state index contributed by atoms with van der Waals surface area (Å²) in [7, 11) is -1.61. The number of rotatable bonds is 5. The second-order valence-electron chi connectivity index (χ2n) is 6.95. The summed E-state index contributed by atoms with van der Waals surface area (Å²) in [5, 5.41) is 3.30. The molecule has 2 N–H and O–H groups in total. The molecule has 2 unspecified atom stereocenters. The van der Waals surface area contributed by atoms with Gasteiger partial charge in [0.25, 0.3) is 0 Å². The summed E-state index contributed by atoms with van der Waals surface area (Å²) < 4.78 is 27.5. The first kappa shape index (κ1) is 21.9. The van der Waals surface area contributed by atoms with Crippen molar-refractivity contribution >= 4 is 51.3 Å². The highest BCUT2D eigenvalue weighted by Gasteiger charge is 2.35. The van der Waals surface area contributed by atoms with Gasteiger partial charge in [-0.2, -0.15) is 0 Å². The Morgan fingerprint density at radius 3 is 2.42 bits per heavy atom. The summed E-state index contributed by atoms with van der Waals surface area (Å²) in [4.78, 5) is 7.71. The SMILES string of the molecule is CN=C(NCCNS(=O)(=O)c1ccc(C)s1)N1CC2CCCCC2C1.I. The van der Waals surface area contributed by atoms with Gasteiger partial charge in [0, 0.05) is 38.1 Å². The number of aliphatic imine (C=N–C) groups is 1. The van der Waals surface area contributed by atoms with Crippen molar-refractivity contribution in [1.29, 1.82) is 0 Å². The van der Waals surface area contributed by atoms with Crippen LogP contribution in [0.15, 0.2) is 21.3 Å². The van der Waals surface area contributed by atoms with Crippen LogP contribution in [0.5, 0.6) is 0 Å². The van der Waals surface area contributed by atoms with Crippen LogP contribution in [-0.2, 0) is 10.0 Å². The zero-order valence-corrected chi connectivity index (χ0v) is 19.4. The summed E-state index contributed by atoms with van der Waals surface area (Å²) in [6.07, 6.45) is 5.37. The van der Waals surface area contributed by atoms with E-state index in [4.69, 9.17) is 0 Å². The van der Waals surface area contributed by atoms with E-state index in [1.54, 1.807) is 13.1 Å². The van der Waals surface area contributed by atoms with Crippen molar-refractivity contribution in [3.63, 3.8) is 0 Å². The molecule has 26 heavy (non-hydrogen) atoms. The number of thiophene rings is 1. The number of fused-ring (bicyclic) bond motifs is 1. The van der Waals surface area contributed by atoms with Crippen molar-refractivity contribution in [2.45, 2.75) is 36.8 Å². The van der Waals surface area contributed by atoms with Crippen LogP contribution >= 0.6 is 35.3 Å². The summed E-state index contributed by atoms with van der Waals surface area (Å²) in [5.74, 6) is 2.49. The highest BCUT2D eigenvalue weighted by molar-refractivity contribution is 14.0. The molecule has 6 nitrogen and oxygen atoms in total. The monoisotopic (exact) mass is 512 g/mol. The molecule has 9 heteroatoms. The molecule has 0 spiro atoms. The number of halogens is 1. The van der Waals surface area contributed by atoms with Crippen LogP contribution in [0, 0.1) is 18.8 Å². The third-order valence-electron chi connectivity index (χ3n) is 5.17. The standard InChI is InChI=1S/C17H28N4O2S2.HI/c1-13-7-8-16(24-13)25(22,23)20-10-9-19-17(18-2)21-11-14-5-3-4-6-15(14)12-21;/h7-8,14-15,20H,3-6,9-12H2,1-2H3,(H,18,19);1H. The molecule has 0 aromatic carbocycles. The number of aryl methyl sites for hydroxylation is 1. The Bertz CT molecular complexity index is 706. The van der Waals surface area contributed by atoms with Gasteiger partial charge < -0.3 is 10.2 Å². The van der Waals surface area contributed by atoms with Crippen molar-refractivity contribution in [1.82, 2.24) is 14.9 Å². The normalized spacial score (nSPS) is 23.5. The molecule has 0 amide bonds. The van der Waals surface area contributed by atoms with Crippen molar-refractivity contribution in [2.24, 2.45) is 16.8 Å². The molecule has 3 rings (SSSR count). The van der Waals surface area contributed by atoms with Gasteiger partial charge >= 0.3 is 0 Å². The van der Waals surface area contributed by atoms with E-state index in [1.807, 2.05) is 13.0 Å². The zero-order valence-electron chi connectivity index (χ0n) is 15.4. The molecule has 148 valence electrons. The predicted octanol–water partition coefficient (Wildman–Crippen LogP) is 2.65. The number of likely N-dealkylation sites (tertiary alicyclic amines) is 1. The molecule has 0 bridgehead atoms. The highest BCUT2D eigenvalue weighted by atomic mass is 127. The van der Waals surface area contributed by atoms with E-state index in [0.29, 0.717) is 17.3 Å². The maximum Gasteiger partial charge on any atom is 0.250 e. The molecule has 2 fully saturated rings.